The van der Waals surface area contributed by atoms with E-state index < -0.39 is 0 Å². The number of nitrogens with two attached hydrogens (primary N) is 1. The van der Waals surface area contributed by atoms with E-state index in [0.717, 1.165) is 32.7 Å². The molecule has 0 radical (unpaired) electrons. The molecule has 0 aliphatic rings. The molecular weight excluding hydrogens is 260 g/mol. The SMILES string of the molecule is CCN(CC)Cc1cccc(CN=C(N)N(CC)CC)c1. The number of guanidine groups is 1. The van der Waals surface area contributed by atoms with Crippen LogP contribution in [0.15, 0.2) is 29.3 Å². The van der Waals surface area contributed by atoms with Crippen LogP contribution < -0.4 is 5.73 Å². The topological polar surface area (TPSA) is 44.9 Å². The van der Waals surface area contributed by atoms with Gasteiger partial charge in [0.15, 0.2) is 5.96 Å². The van der Waals surface area contributed by atoms with Crippen molar-refractivity contribution in [3.63, 3.8) is 0 Å². The van der Waals surface area contributed by atoms with E-state index in [0.29, 0.717) is 12.5 Å². The first-order chi connectivity index (χ1) is 10.1. The maximum Gasteiger partial charge on any atom is 0.191 e. The number of benzene rings is 1. The van der Waals surface area contributed by atoms with Crippen LogP contribution in [-0.2, 0) is 13.1 Å². The molecule has 0 fully saturated rings. The summed E-state index contributed by atoms with van der Waals surface area (Å²) in [6, 6.07) is 8.64. The van der Waals surface area contributed by atoms with Crippen molar-refractivity contribution in [2.75, 3.05) is 26.2 Å². The zero-order chi connectivity index (χ0) is 15.7. The highest BCUT2D eigenvalue weighted by Gasteiger charge is 2.04. The fraction of sp³-hybridized carbons (Fsp3) is 0.588. The predicted octanol–water partition coefficient (Wildman–Crippen LogP) is 2.68. The molecule has 0 heterocycles. The van der Waals surface area contributed by atoms with Gasteiger partial charge in [0.25, 0.3) is 0 Å². The predicted molar refractivity (Wildman–Crippen MR) is 91.3 cm³/mol. The smallest absolute Gasteiger partial charge is 0.191 e. The Kier molecular flexibility index (Phi) is 7.83. The number of aliphatic imine (C=N–C) groups is 1. The van der Waals surface area contributed by atoms with Crippen molar-refractivity contribution < 1.29 is 0 Å². The van der Waals surface area contributed by atoms with Gasteiger partial charge in [-0.05, 0) is 38.1 Å². The Bertz CT molecular complexity index is 434. The first-order valence-corrected chi connectivity index (χ1v) is 7.99. The quantitative estimate of drug-likeness (QED) is 0.591. The summed E-state index contributed by atoms with van der Waals surface area (Å²) in [5, 5.41) is 0. The molecule has 21 heavy (non-hydrogen) atoms. The van der Waals surface area contributed by atoms with E-state index in [1.54, 1.807) is 0 Å². The standard InChI is InChI=1S/C17H30N4/c1-5-20(6-2)14-16-11-9-10-15(12-16)13-19-17(18)21(7-3)8-4/h9-12H,5-8,13-14H2,1-4H3,(H2,18,19). The van der Waals surface area contributed by atoms with Crippen LogP contribution in [0, 0.1) is 0 Å². The van der Waals surface area contributed by atoms with Crippen LogP contribution in [-0.4, -0.2) is 41.9 Å². The van der Waals surface area contributed by atoms with Gasteiger partial charge in [0, 0.05) is 19.6 Å². The Labute approximate surface area is 129 Å². The Morgan fingerprint density at radius 2 is 1.62 bits per heavy atom. The molecule has 0 aliphatic carbocycles. The Balaban J connectivity index is 2.70. The number of hydrogen-bond acceptors (Lipinski definition) is 2. The van der Waals surface area contributed by atoms with Crippen LogP contribution in [0.5, 0.6) is 0 Å². The van der Waals surface area contributed by atoms with Gasteiger partial charge in [0.2, 0.25) is 0 Å². The third kappa shape index (κ3) is 5.76. The van der Waals surface area contributed by atoms with Crippen LogP contribution in [0.3, 0.4) is 0 Å². The molecule has 1 aromatic rings. The molecule has 0 amide bonds. The molecule has 0 saturated carbocycles. The zero-order valence-corrected chi connectivity index (χ0v) is 14.0. The molecule has 0 spiro atoms. The minimum absolute atomic E-state index is 0.633. The lowest BCUT2D eigenvalue weighted by atomic mass is 10.1. The van der Waals surface area contributed by atoms with Crippen molar-refractivity contribution in [1.82, 2.24) is 9.80 Å². The summed E-state index contributed by atoms with van der Waals surface area (Å²) in [6.07, 6.45) is 0. The summed E-state index contributed by atoms with van der Waals surface area (Å²) in [5.74, 6) is 0.633. The third-order valence-electron chi connectivity index (χ3n) is 3.80. The van der Waals surface area contributed by atoms with E-state index >= 15 is 0 Å². The second kappa shape index (κ2) is 9.40. The molecule has 0 unspecified atom stereocenters. The first-order valence-electron chi connectivity index (χ1n) is 7.99. The van der Waals surface area contributed by atoms with E-state index in [-0.39, 0.29) is 0 Å². The van der Waals surface area contributed by atoms with E-state index in [1.807, 2.05) is 0 Å². The first kappa shape index (κ1) is 17.5. The molecule has 0 aliphatic heterocycles. The number of nitrogens with zero attached hydrogens (tertiary/aromatic N) is 3. The fourth-order valence-electron chi connectivity index (χ4n) is 2.35. The average Bonchev–Trinajstić information content (AvgIpc) is 2.52. The zero-order valence-electron chi connectivity index (χ0n) is 14.0. The largest absolute Gasteiger partial charge is 0.370 e. The molecule has 118 valence electrons. The highest BCUT2D eigenvalue weighted by molar-refractivity contribution is 5.77. The van der Waals surface area contributed by atoms with E-state index in [9.17, 15) is 0 Å². The van der Waals surface area contributed by atoms with Gasteiger partial charge in [0.1, 0.15) is 0 Å². The number of hydrogen-bond donors (Lipinski definition) is 1. The minimum atomic E-state index is 0.633. The Hall–Kier alpha value is -1.55. The van der Waals surface area contributed by atoms with Gasteiger partial charge in [-0.15, -0.1) is 0 Å². The molecule has 0 saturated heterocycles. The van der Waals surface area contributed by atoms with E-state index in [1.165, 1.54) is 11.1 Å². The summed E-state index contributed by atoms with van der Waals surface area (Å²) in [5.41, 5.74) is 8.57. The monoisotopic (exact) mass is 290 g/mol. The molecule has 0 bridgehead atoms. The minimum Gasteiger partial charge on any atom is -0.370 e. The fourth-order valence-corrected chi connectivity index (χ4v) is 2.35. The summed E-state index contributed by atoms with van der Waals surface area (Å²) < 4.78 is 0. The van der Waals surface area contributed by atoms with E-state index in [4.69, 9.17) is 5.73 Å². The van der Waals surface area contributed by atoms with Crippen molar-refractivity contribution >= 4 is 5.96 Å². The molecule has 1 aromatic carbocycles. The maximum absolute atomic E-state index is 6.02. The summed E-state index contributed by atoms with van der Waals surface area (Å²) in [4.78, 5) is 8.98. The summed E-state index contributed by atoms with van der Waals surface area (Å²) in [6.45, 7) is 14.2. The normalized spacial score (nSPS) is 12.0. The summed E-state index contributed by atoms with van der Waals surface area (Å²) in [7, 11) is 0. The molecular formula is C17H30N4. The van der Waals surface area contributed by atoms with Crippen LogP contribution in [0.2, 0.25) is 0 Å². The lowest BCUT2D eigenvalue weighted by molar-refractivity contribution is 0.296. The van der Waals surface area contributed by atoms with Gasteiger partial charge in [-0.25, -0.2) is 4.99 Å². The Morgan fingerprint density at radius 1 is 1.00 bits per heavy atom. The van der Waals surface area contributed by atoms with Gasteiger partial charge < -0.3 is 10.6 Å². The Morgan fingerprint density at radius 3 is 2.19 bits per heavy atom. The van der Waals surface area contributed by atoms with Crippen molar-refractivity contribution in [1.29, 1.82) is 0 Å². The van der Waals surface area contributed by atoms with Crippen molar-refractivity contribution in [3.05, 3.63) is 35.4 Å². The van der Waals surface area contributed by atoms with Crippen LogP contribution in [0.25, 0.3) is 0 Å². The molecule has 2 N–H and O–H groups in total. The highest BCUT2D eigenvalue weighted by atomic mass is 15.2. The lowest BCUT2D eigenvalue weighted by Gasteiger charge is -2.19. The third-order valence-corrected chi connectivity index (χ3v) is 3.80. The van der Waals surface area contributed by atoms with Crippen LogP contribution in [0.1, 0.15) is 38.8 Å². The van der Waals surface area contributed by atoms with E-state index in [2.05, 4.69) is 66.8 Å². The second-order valence-corrected chi connectivity index (χ2v) is 5.13. The molecule has 0 aromatic heterocycles. The molecule has 4 nitrogen and oxygen atoms in total. The molecule has 0 atom stereocenters. The van der Waals surface area contributed by atoms with Crippen LogP contribution in [0.4, 0.5) is 0 Å². The van der Waals surface area contributed by atoms with Gasteiger partial charge in [-0.2, -0.15) is 0 Å². The van der Waals surface area contributed by atoms with Gasteiger partial charge in [-0.3, -0.25) is 4.90 Å². The van der Waals surface area contributed by atoms with Crippen molar-refractivity contribution in [2.45, 2.75) is 40.8 Å². The van der Waals surface area contributed by atoms with Gasteiger partial charge >= 0.3 is 0 Å². The molecule has 4 heteroatoms. The number of rotatable bonds is 8. The average molecular weight is 290 g/mol. The van der Waals surface area contributed by atoms with Crippen molar-refractivity contribution in [3.8, 4) is 0 Å². The maximum atomic E-state index is 6.02. The van der Waals surface area contributed by atoms with Crippen LogP contribution >= 0.6 is 0 Å². The second-order valence-electron chi connectivity index (χ2n) is 5.13. The van der Waals surface area contributed by atoms with Gasteiger partial charge in [0.05, 0.1) is 6.54 Å². The lowest BCUT2D eigenvalue weighted by Crippen LogP contribution is -2.37. The highest BCUT2D eigenvalue weighted by Crippen LogP contribution is 2.09. The molecule has 1 rings (SSSR count). The summed E-state index contributed by atoms with van der Waals surface area (Å²) >= 11 is 0. The van der Waals surface area contributed by atoms with Crippen molar-refractivity contribution in [2.24, 2.45) is 10.7 Å². The van der Waals surface area contributed by atoms with Gasteiger partial charge in [-0.1, -0.05) is 38.1 Å².